The molecule has 0 aromatic heterocycles. The van der Waals surface area contributed by atoms with Crippen LogP contribution in [0.15, 0.2) is 42.5 Å². The fraction of sp³-hybridized carbons (Fsp3) is 0.263. The van der Waals surface area contributed by atoms with Gasteiger partial charge in [-0.2, -0.15) is 0 Å². The van der Waals surface area contributed by atoms with Crippen LogP contribution in [0.2, 0.25) is 10.0 Å². The Kier molecular flexibility index (Phi) is 5.69. The Hall–Kier alpha value is -2.24. The summed E-state index contributed by atoms with van der Waals surface area (Å²) in [5.74, 6) is 0.419. The van der Waals surface area contributed by atoms with Crippen molar-refractivity contribution in [3.05, 3.63) is 63.6 Å². The van der Waals surface area contributed by atoms with E-state index in [-0.39, 0.29) is 11.8 Å². The summed E-state index contributed by atoms with van der Waals surface area (Å²) in [4.78, 5) is 28.7. The first kappa shape index (κ1) is 18.5. The van der Waals surface area contributed by atoms with Crippen molar-refractivity contribution >= 4 is 35.0 Å². The van der Waals surface area contributed by atoms with Gasteiger partial charge in [-0.25, -0.2) is 0 Å². The molecule has 136 valence electrons. The van der Waals surface area contributed by atoms with Crippen molar-refractivity contribution in [3.8, 4) is 5.75 Å². The lowest BCUT2D eigenvalue weighted by Crippen LogP contribution is -2.50. The third kappa shape index (κ3) is 3.94. The summed E-state index contributed by atoms with van der Waals surface area (Å²) in [7, 11) is 1.57. The maximum Gasteiger partial charge on any atom is 0.255 e. The third-order valence-corrected chi connectivity index (χ3v) is 4.88. The molecule has 3 rings (SSSR count). The number of hydrogen-bond acceptors (Lipinski definition) is 3. The zero-order valence-corrected chi connectivity index (χ0v) is 15.8. The van der Waals surface area contributed by atoms with Gasteiger partial charge in [0.2, 0.25) is 0 Å². The molecular formula is C19H18Cl2N2O3. The molecule has 26 heavy (non-hydrogen) atoms. The molecule has 0 spiro atoms. The molecule has 1 aliphatic heterocycles. The van der Waals surface area contributed by atoms with E-state index in [9.17, 15) is 9.59 Å². The SMILES string of the molecule is COc1cccc(C(=O)N2CCN(C(=O)c3ccc(Cl)cc3Cl)CC2)c1. The molecule has 2 amide bonds. The highest BCUT2D eigenvalue weighted by Gasteiger charge is 2.26. The minimum atomic E-state index is -0.153. The molecule has 0 atom stereocenters. The number of carbonyl (C=O) groups is 2. The molecule has 0 unspecified atom stereocenters. The summed E-state index contributed by atoms with van der Waals surface area (Å²) in [5.41, 5.74) is 0.994. The molecule has 1 saturated heterocycles. The second-order valence-corrected chi connectivity index (χ2v) is 6.78. The van der Waals surface area contributed by atoms with Crippen LogP contribution in [0.3, 0.4) is 0 Å². The van der Waals surface area contributed by atoms with E-state index in [0.717, 1.165) is 0 Å². The Labute approximate surface area is 162 Å². The standard InChI is InChI=1S/C19H18Cl2N2O3/c1-26-15-4-2-3-13(11-15)18(24)22-7-9-23(10-8-22)19(25)16-6-5-14(20)12-17(16)21/h2-6,11-12H,7-10H2,1H3. The summed E-state index contributed by atoms with van der Waals surface area (Å²) >= 11 is 12.0. The minimum absolute atomic E-state index is 0.0690. The lowest BCUT2D eigenvalue weighted by atomic mass is 10.1. The fourth-order valence-electron chi connectivity index (χ4n) is 2.88. The minimum Gasteiger partial charge on any atom is -0.497 e. The van der Waals surface area contributed by atoms with Gasteiger partial charge in [-0.15, -0.1) is 0 Å². The number of nitrogens with zero attached hydrogens (tertiary/aromatic N) is 2. The molecule has 5 nitrogen and oxygen atoms in total. The van der Waals surface area contributed by atoms with E-state index in [2.05, 4.69) is 0 Å². The molecular weight excluding hydrogens is 375 g/mol. The van der Waals surface area contributed by atoms with Crippen LogP contribution in [-0.2, 0) is 0 Å². The van der Waals surface area contributed by atoms with E-state index < -0.39 is 0 Å². The Bertz CT molecular complexity index is 833. The van der Waals surface area contributed by atoms with Gasteiger partial charge in [0.15, 0.2) is 0 Å². The summed E-state index contributed by atoms with van der Waals surface area (Å²) in [6.07, 6.45) is 0. The molecule has 1 aliphatic rings. The first-order chi connectivity index (χ1) is 12.5. The van der Waals surface area contributed by atoms with Crippen molar-refractivity contribution < 1.29 is 14.3 Å². The Balaban J connectivity index is 1.65. The lowest BCUT2D eigenvalue weighted by Gasteiger charge is -2.35. The summed E-state index contributed by atoms with van der Waals surface area (Å²) in [5, 5.41) is 0.817. The topological polar surface area (TPSA) is 49.9 Å². The molecule has 0 N–H and O–H groups in total. The second kappa shape index (κ2) is 7.98. The zero-order chi connectivity index (χ0) is 18.7. The van der Waals surface area contributed by atoms with E-state index in [4.69, 9.17) is 27.9 Å². The zero-order valence-electron chi connectivity index (χ0n) is 14.2. The number of piperazine rings is 1. The van der Waals surface area contributed by atoms with Gasteiger partial charge in [-0.1, -0.05) is 29.3 Å². The number of carbonyl (C=O) groups excluding carboxylic acids is 2. The maximum absolute atomic E-state index is 12.6. The number of hydrogen-bond donors (Lipinski definition) is 0. The average Bonchev–Trinajstić information content (AvgIpc) is 2.67. The van der Waals surface area contributed by atoms with E-state index in [0.29, 0.717) is 53.1 Å². The highest BCUT2D eigenvalue weighted by molar-refractivity contribution is 6.36. The van der Waals surface area contributed by atoms with Crippen molar-refractivity contribution in [3.63, 3.8) is 0 Å². The van der Waals surface area contributed by atoms with Gasteiger partial charge in [0, 0.05) is 36.8 Å². The van der Waals surface area contributed by atoms with E-state index in [1.165, 1.54) is 0 Å². The quantitative estimate of drug-likeness (QED) is 0.801. The first-order valence-corrected chi connectivity index (χ1v) is 8.93. The van der Waals surface area contributed by atoms with Crippen molar-refractivity contribution in [1.82, 2.24) is 9.80 Å². The highest BCUT2D eigenvalue weighted by Crippen LogP contribution is 2.23. The largest absolute Gasteiger partial charge is 0.497 e. The van der Waals surface area contributed by atoms with Crippen LogP contribution in [0.25, 0.3) is 0 Å². The number of methoxy groups -OCH3 is 1. The number of amides is 2. The van der Waals surface area contributed by atoms with Gasteiger partial charge < -0.3 is 14.5 Å². The Morgan fingerprint density at radius 2 is 1.58 bits per heavy atom. The molecule has 1 heterocycles. The van der Waals surface area contributed by atoms with Gasteiger partial charge >= 0.3 is 0 Å². The van der Waals surface area contributed by atoms with Gasteiger partial charge in [0.05, 0.1) is 17.7 Å². The van der Waals surface area contributed by atoms with Crippen LogP contribution in [0.4, 0.5) is 0 Å². The van der Waals surface area contributed by atoms with E-state index >= 15 is 0 Å². The van der Waals surface area contributed by atoms with Gasteiger partial charge in [0.1, 0.15) is 5.75 Å². The summed E-state index contributed by atoms with van der Waals surface area (Å²) in [6, 6.07) is 11.9. The Morgan fingerprint density at radius 1 is 0.923 bits per heavy atom. The van der Waals surface area contributed by atoms with Crippen LogP contribution < -0.4 is 4.74 Å². The van der Waals surface area contributed by atoms with Crippen LogP contribution >= 0.6 is 23.2 Å². The molecule has 0 saturated carbocycles. The van der Waals surface area contributed by atoms with Crippen molar-refractivity contribution in [2.75, 3.05) is 33.3 Å². The number of halogens is 2. The molecule has 1 fully saturated rings. The van der Waals surface area contributed by atoms with E-state index in [1.54, 1.807) is 59.4 Å². The molecule has 0 bridgehead atoms. The third-order valence-electron chi connectivity index (χ3n) is 4.33. The number of ether oxygens (including phenoxy) is 1. The molecule has 0 radical (unpaired) electrons. The normalized spacial score (nSPS) is 14.3. The van der Waals surface area contributed by atoms with Gasteiger partial charge in [0.25, 0.3) is 11.8 Å². The van der Waals surface area contributed by atoms with Crippen LogP contribution in [0.1, 0.15) is 20.7 Å². The van der Waals surface area contributed by atoms with Gasteiger partial charge in [-0.3, -0.25) is 9.59 Å². The second-order valence-electron chi connectivity index (χ2n) is 5.94. The van der Waals surface area contributed by atoms with Crippen molar-refractivity contribution in [1.29, 1.82) is 0 Å². The maximum atomic E-state index is 12.6. The highest BCUT2D eigenvalue weighted by atomic mass is 35.5. The monoisotopic (exact) mass is 392 g/mol. The smallest absolute Gasteiger partial charge is 0.255 e. The van der Waals surface area contributed by atoms with E-state index in [1.807, 2.05) is 0 Å². The molecule has 2 aromatic carbocycles. The average molecular weight is 393 g/mol. The number of rotatable bonds is 3. The van der Waals surface area contributed by atoms with Crippen LogP contribution in [0, 0.1) is 0 Å². The predicted molar refractivity (Wildman–Crippen MR) is 101 cm³/mol. The molecule has 2 aromatic rings. The van der Waals surface area contributed by atoms with Crippen molar-refractivity contribution in [2.45, 2.75) is 0 Å². The first-order valence-electron chi connectivity index (χ1n) is 8.17. The Morgan fingerprint density at radius 3 is 2.19 bits per heavy atom. The molecule has 7 heteroatoms. The van der Waals surface area contributed by atoms with Crippen molar-refractivity contribution in [2.24, 2.45) is 0 Å². The summed E-state index contributed by atoms with van der Waals surface area (Å²) in [6.45, 7) is 1.83. The lowest BCUT2D eigenvalue weighted by molar-refractivity contribution is 0.0535. The fourth-order valence-corrected chi connectivity index (χ4v) is 3.37. The van der Waals surface area contributed by atoms with Crippen LogP contribution in [-0.4, -0.2) is 54.9 Å². The number of benzene rings is 2. The van der Waals surface area contributed by atoms with Gasteiger partial charge in [-0.05, 0) is 36.4 Å². The predicted octanol–water partition coefficient (Wildman–Crippen LogP) is 3.60. The summed E-state index contributed by atoms with van der Waals surface area (Å²) < 4.78 is 5.16. The van der Waals surface area contributed by atoms with Crippen LogP contribution in [0.5, 0.6) is 5.75 Å². The molecule has 0 aliphatic carbocycles.